The summed E-state index contributed by atoms with van der Waals surface area (Å²) in [5, 5.41) is 49.5. The average Bonchev–Trinajstić information content (AvgIpc) is 2.84. The van der Waals surface area contributed by atoms with E-state index in [-0.39, 0.29) is 19.0 Å². The SMILES string of the molecule is C=C(C)C(=O)NCCCNC(=O)C1O[C@@H](O[C@@H]2C(NC(C)=O)[C@H](C)OC(CO)[C@H]2O)C(O)[C@@H](OC)[C@@H]1O. The second kappa shape index (κ2) is 14.1. The van der Waals surface area contributed by atoms with Crippen LogP contribution < -0.4 is 16.0 Å². The smallest absolute Gasteiger partial charge is 0.252 e. The van der Waals surface area contributed by atoms with Gasteiger partial charge in [0.05, 0.1) is 18.8 Å². The van der Waals surface area contributed by atoms with Crippen molar-refractivity contribution in [3.05, 3.63) is 12.2 Å². The number of carbonyl (C=O) groups excluding carboxylic acids is 3. The predicted molar refractivity (Wildman–Crippen MR) is 127 cm³/mol. The number of aliphatic hydroxyl groups excluding tert-OH is 4. The van der Waals surface area contributed by atoms with Crippen LogP contribution >= 0.6 is 0 Å². The molecule has 2 aliphatic heterocycles. The fourth-order valence-electron chi connectivity index (χ4n) is 4.23. The van der Waals surface area contributed by atoms with Crippen molar-refractivity contribution in [1.82, 2.24) is 16.0 Å². The van der Waals surface area contributed by atoms with Crippen molar-refractivity contribution >= 4 is 17.7 Å². The van der Waals surface area contributed by atoms with E-state index >= 15 is 0 Å². The van der Waals surface area contributed by atoms with Crippen LogP contribution in [0.3, 0.4) is 0 Å². The Morgan fingerprint density at radius 3 is 2.19 bits per heavy atom. The molecule has 14 heteroatoms. The predicted octanol–water partition coefficient (Wildman–Crippen LogP) is -3.32. The molecule has 0 aromatic carbocycles. The molecule has 212 valence electrons. The molecule has 37 heavy (non-hydrogen) atoms. The standard InChI is InChI=1S/C23H39N3O11/c1-10(2)21(32)24-7-6-8-25-22(33)20-16(30)19(34-5)17(31)23(37-20)36-18-14(26-12(4)28)11(3)35-13(9-27)15(18)29/h11,13-20,23,27,29-31H,1,6-9H2,2-5H3,(H,24,32)(H,25,33)(H,26,28)/t11-,13?,14?,15+,16-,17?,18+,19-,20?,23+/m0/s1. The number of aliphatic hydroxyl groups is 4. The minimum absolute atomic E-state index is 0.145. The van der Waals surface area contributed by atoms with Crippen LogP contribution in [0.5, 0.6) is 0 Å². The van der Waals surface area contributed by atoms with Gasteiger partial charge in [-0.05, 0) is 20.3 Å². The fraction of sp³-hybridized carbons (Fsp3) is 0.783. The van der Waals surface area contributed by atoms with Crippen LogP contribution in [0, 0.1) is 0 Å². The van der Waals surface area contributed by atoms with Crippen molar-refractivity contribution in [1.29, 1.82) is 0 Å². The van der Waals surface area contributed by atoms with E-state index in [0.717, 1.165) is 0 Å². The topological polar surface area (TPSA) is 205 Å². The Bertz CT molecular complexity index is 813. The van der Waals surface area contributed by atoms with Gasteiger partial charge in [-0.2, -0.15) is 0 Å². The third kappa shape index (κ3) is 7.91. The van der Waals surface area contributed by atoms with Gasteiger partial charge in [-0.1, -0.05) is 6.58 Å². The lowest BCUT2D eigenvalue weighted by molar-refractivity contribution is -0.325. The maximum atomic E-state index is 12.8. The van der Waals surface area contributed by atoms with E-state index in [1.807, 2.05) is 0 Å². The number of nitrogens with one attached hydrogen (secondary N) is 3. The van der Waals surface area contributed by atoms with Gasteiger partial charge in [0.25, 0.3) is 5.91 Å². The summed E-state index contributed by atoms with van der Waals surface area (Å²) >= 11 is 0. The summed E-state index contributed by atoms with van der Waals surface area (Å²) < 4.78 is 22.2. The second-order valence-electron chi connectivity index (χ2n) is 9.17. The van der Waals surface area contributed by atoms with Crippen LogP contribution in [-0.2, 0) is 33.3 Å². The third-order valence-electron chi connectivity index (χ3n) is 6.21. The molecule has 14 nitrogen and oxygen atoms in total. The Balaban J connectivity index is 2.11. The van der Waals surface area contributed by atoms with Crippen molar-refractivity contribution in [3.63, 3.8) is 0 Å². The van der Waals surface area contributed by atoms with E-state index in [1.54, 1.807) is 13.8 Å². The van der Waals surface area contributed by atoms with E-state index in [4.69, 9.17) is 18.9 Å². The summed E-state index contributed by atoms with van der Waals surface area (Å²) in [5.41, 5.74) is 0.355. The van der Waals surface area contributed by atoms with Crippen molar-refractivity contribution in [2.75, 3.05) is 26.8 Å². The maximum absolute atomic E-state index is 12.8. The van der Waals surface area contributed by atoms with Crippen molar-refractivity contribution in [3.8, 4) is 0 Å². The van der Waals surface area contributed by atoms with E-state index in [0.29, 0.717) is 12.0 Å². The van der Waals surface area contributed by atoms with Crippen molar-refractivity contribution in [2.45, 2.75) is 88.4 Å². The highest BCUT2D eigenvalue weighted by Gasteiger charge is 2.52. The Morgan fingerprint density at radius 1 is 0.973 bits per heavy atom. The highest BCUT2D eigenvalue weighted by Crippen LogP contribution is 2.30. The summed E-state index contributed by atoms with van der Waals surface area (Å²) in [6.07, 6.45) is -11.5. The molecule has 2 saturated heterocycles. The molecule has 0 spiro atoms. The van der Waals surface area contributed by atoms with E-state index in [9.17, 15) is 34.8 Å². The fourth-order valence-corrected chi connectivity index (χ4v) is 4.23. The minimum atomic E-state index is -1.57. The van der Waals surface area contributed by atoms with Gasteiger partial charge in [-0.15, -0.1) is 0 Å². The van der Waals surface area contributed by atoms with Gasteiger partial charge in [-0.25, -0.2) is 0 Å². The van der Waals surface area contributed by atoms with Crippen LogP contribution in [-0.4, -0.2) is 126 Å². The largest absolute Gasteiger partial charge is 0.394 e. The summed E-state index contributed by atoms with van der Waals surface area (Å²) in [5.74, 6) is -1.45. The molecular weight excluding hydrogens is 494 g/mol. The summed E-state index contributed by atoms with van der Waals surface area (Å²) in [6, 6.07) is -0.888. The van der Waals surface area contributed by atoms with Gasteiger partial charge in [0.2, 0.25) is 11.8 Å². The van der Waals surface area contributed by atoms with Gasteiger partial charge in [-0.3, -0.25) is 14.4 Å². The van der Waals surface area contributed by atoms with Crippen LogP contribution in [0.15, 0.2) is 12.2 Å². The molecular formula is C23H39N3O11. The van der Waals surface area contributed by atoms with E-state index in [2.05, 4.69) is 22.5 Å². The zero-order valence-corrected chi connectivity index (χ0v) is 21.5. The Hall–Kier alpha value is -2.17. The quantitative estimate of drug-likeness (QED) is 0.103. The van der Waals surface area contributed by atoms with E-state index in [1.165, 1.54) is 14.0 Å². The third-order valence-corrected chi connectivity index (χ3v) is 6.21. The van der Waals surface area contributed by atoms with Crippen molar-refractivity contribution in [2.24, 2.45) is 0 Å². The second-order valence-corrected chi connectivity index (χ2v) is 9.17. The molecule has 0 bridgehead atoms. The molecule has 10 atom stereocenters. The number of hydrogen-bond acceptors (Lipinski definition) is 11. The van der Waals surface area contributed by atoms with Gasteiger partial charge in [0.15, 0.2) is 12.4 Å². The first-order chi connectivity index (χ1) is 17.4. The summed E-state index contributed by atoms with van der Waals surface area (Å²) in [6.45, 7) is 7.87. The molecule has 0 aromatic rings. The number of carbonyl (C=O) groups is 3. The number of methoxy groups -OCH3 is 1. The van der Waals surface area contributed by atoms with E-state index < -0.39 is 79.6 Å². The highest BCUT2D eigenvalue weighted by molar-refractivity contribution is 5.92. The molecule has 2 rings (SSSR count). The first kappa shape index (κ1) is 31.1. The van der Waals surface area contributed by atoms with Crippen LogP contribution in [0.25, 0.3) is 0 Å². The summed E-state index contributed by atoms with van der Waals surface area (Å²) in [4.78, 5) is 36.1. The monoisotopic (exact) mass is 533 g/mol. The Morgan fingerprint density at radius 2 is 1.62 bits per heavy atom. The van der Waals surface area contributed by atoms with Crippen LogP contribution in [0.1, 0.15) is 27.2 Å². The maximum Gasteiger partial charge on any atom is 0.252 e. The number of rotatable bonds is 11. The van der Waals surface area contributed by atoms with Gasteiger partial charge in [0.1, 0.15) is 36.6 Å². The molecule has 2 heterocycles. The molecule has 4 unspecified atom stereocenters. The molecule has 2 aliphatic rings. The molecule has 0 radical (unpaired) electrons. The normalized spacial score (nSPS) is 35.9. The molecule has 0 aromatic heterocycles. The number of amides is 3. The number of ether oxygens (including phenoxy) is 4. The average molecular weight is 534 g/mol. The van der Waals surface area contributed by atoms with Gasteiger partial charge < -0.3 is 55.3 Å². The summed E-state index contributed by atoms with van der Waals surface area (Å²) in [7, 11) is 1.23. The molecule has 0 saturated carbocycles. The first-order valence-electron chi connectivity index (χ1n) is 12.1. The lowest BCUT2D eigenvalue weighted by Crippen LogP contribution is -2.68. The molecule has 0 aliphatic carbocycles. The minimum Gasteiger partial charge on any atom is -0.394 e. The molecule has 7 N–H and O–H groups in total. The molecule has 3 amide bonds. The lowest BCUT2D eigenvalue weighted by atomic mass is 9.92. The zero-order valence-electron chi connectivity index (χ0n) is 21.5. The van der Waals surface area contributed by atoms with Crippen LogP contribution in [0.2, 0.25) is 0 Å². The Labute approximate surface area is 215 Å². The first-order valence-corrected chi connectivity index (χ1v) is 12.1. The Kier molecular flexibility index (Phi) is 11.8. The number of hydrogen-bond donors (Lipinski definition) is 7. The molecule has 2 fully saturated rings. The zero-order chi connectivity index (χ0) is 27.9. The van der Waals surface area contributed by atoms with Gasteiger partial charge in [0, 0.05) is 32.7 Å². The van der Waals surface area contributed by atoms with Crippen molar-refractivity contribution < 1.29 is 53.8 Å². The van der Waals surface area contributed by atoms with Crippen LogP contribution in [0.4, 0.5) is 0 Å². The highest BCUT2D eigenvalue weighted by atomic mass is 16.7. The van der Waals surface area contributed by atoms with Gasteiger partial charge >= 0.3 is 0 Å². The lowest BCUT2D eigenvalue weighted by Gasteiger charge is -2.47.